The number of benzene rings is 1. The van der Waals surface area contributed by atoms with Crippen LogP contribution >= 0.6 is 0 Å². The van der Waals surface area contributed by atoms with E-state index in [1.54, 1.807) is 6.07 Å². The van der Waals surface area contributed by atoms with Gasteiger partial charge in [0.25, 0.3) is 5.91 Å². The van der Waals surface area contributed by atoms with Crippen LogP contribution in [0, 0.1) is 0 Å². The fourth-order valence-corrected chi connectivity index (χ4v) is 3.58. The van der Waals surface area contributed by atoms with Crippen molar-refractivity contribution in [3.8, 4) is 5.75 Å². The lowest BCUT2D eigenvalue weighted by molar-refractivity contribution is 0.0953. The van der Waals surface area contributed by atoms with Crippen molar-refractivity contribution >= 4 is 15.9 Å². The summed E-state index contributed by atoms with van der Waals surface area (Å²) in [5, 5.41) is 5.76. The third-order valence-electron chi connectivity index (χ3n) is 3.50. The van der Waals surface area contributed by atoms with Gasteiger partial charge >= 0.3 is 0 Å². The van der Waals surface area contributed by atoms with Gasteiger partial charge in [-0.3, -0.25) is 4.79 Å². The number of nitrogens with one attached hydrogen (secondary N) is 3. The van der Waals surface area contributed by atoms with Crippen LogP contribution in [0.2, 0.25) is 0 Å². The SMILES string of the molecule is CNCCCNC(=O)c1ccc(OC)c(S(=O)(=O)NC2CC2)c1. The standard InChI is InChI=1S/C15H23N3O4S/c1-16-8-3-9-17-15(19)11-4-7-13(22-2)14(10-11)23(20,21)18-12-5-6-12/h4,7,10,12,16,18H,3,5-6,8-9H2,1-2H3,(H,17,19). The number of rotatable bonds is 9. The van der Waals surface area contributed by atoms with Crippen LogP contribution in [-0.4, -0.2) is 47.6 Å². The van der Waals surface area contributed by atoms with Crippen molar-refractivity contribution in [3.05, 3.63) is 23.8 Å². The van der Waals surface area contributed by atoms with Crippen molar-refractivity contribution < 1.29 is 17.9 Å². The average molecular weight is 341 g/mol. The highest BCUT2D eigenvalue weighted by atomic mass is 32.2. The van der Waals surface area contributed by atoms with E-state index >= 15 is 0 Å². The van der Waals surface area contributed by atoms with Crippen LogP contribution in [0.3, 0.4) is 0 Å². The maximum absolute atomic E-state index is 12.4. The zero-order chi connectivity index (χ0) is 16.9. The van der Waals surface area contributed by atoms with Gasteiger partial charge in [0.15, 0.2) is 0 Å². The maximum atomic E-state index is 12.4. The van der Waals surface area contributed by atoms with Crippen molar-refractivity contribution in [2.45, 2.75) is 30.2 Å². The van der Waals surface area contributed by atoms with Crippen molar-refractivity contribution in [2.24, 2.45) is 0 Å². The van der Waals surface area contributed by atoms with Crippen LogP contribution in [0.5, 0.6) is 5.75 Å². The second kappa shape index (κ2) is 7.76. The molecule has 3 N–H and O–H groups in total. The summed E-state index contributed by atoms with van der Waals surface area (Å²) in [7, 11) is -0.442. The predicted octanol–water partition coefficient (Wildman–Crippen LogP) is 0.475. The molecule has 1 saturated carbocycles. The van der Waals surface area contributed by atoms with Gasteiger partial charge in [-0.1, -0.05) is 0 Å². The van der Waals surface area contributed by atoms with Crippen LogP contribution < -0.4 is 20.1 Å². The van der Waals surface area contributed by atoms with E-state index in [2.05, 4.69) is 15.4 Å². The summed E-state index contributed by atoms with van der Waals surface area (Å²) >= 11 is 0. The first-order valence-corrected chi connectivity index (χ1v) is 9.09. The average Bonchev–Trinajstić information content (AvgIpc) is 3.34. The van der Waals surface area contributed by atoms with Crippen LogP contribution in [0.1, 0.15) is 29.6 Å². The summed E-state index contributed by atoms with van der Waals surface area (Å²) in [5.41, 5.74) is 0.298. The van der Waals surface area contributed by atoms with Gasteiger partial charge in [0.1, 0.15) is 10.6 Å². The van der Waals surface area contributed by atoms with Crippen LogP contribution in [0.4, 0.5) is 0 Å². The van der Waals surface area contributed by atoms with Gasteiger partial charge in [-0.05, 0) is 51.1 Å². The van der Waals surface area contributed by atoms with E-state index in [1.807, 2.05) is 7.05 Å². The molecule has 1 aromatic rings. The molecule has 0 unspecified atom stereocenters. The summed E-state index contributed by atoms with van der Waals surface area (Å²) in [6.07, 6.45) is 2.48. The monoisotopic (exact) mass is 341 g/mol. The molecule has 0 saturated heterocycles. The molecule has 1 aliphatic rings. The first-order chi connectivity index (χ1) is 11.0. The van der Waals surface area contributed by atoms with E-state index in [9.17, 15) is 13.2 Å². The number of hydrogen-bond acceptors (Lipinski definition) is 5. The molecule has 8 heteroatoms. The summed E-state index contributed by atoms with van der Waals surface area (Å²) in [4.78, 5) is 12.1. The Morgan fingerprint density at radius 1 is 1.30 bits per heavy atom. The Bertz CT molecular complexity index is 657. The summed E-state index contributed by atoms with van der Waals surface area (Å²) < 4.78 is 32.5. The minimum atomic E-state index is -3.69. The Balaban J connectivity index is 2.16. The number of ether oxygens (including phenoxy) is 1. The zero-order valence-corrected chi connectivity index (χ0v) is 14.2. The number of hydrogen-bond donors (Lipinski definition) is 3. The number of carbonyl (C=O) groups is 1. The molecular formula is C15H23N3O4S. The third-order valence-corrected chi connectivity index (χ3v) is 5.05. The topological polar surface area (TPSA) is 96.5 Å². The molecule has 0 bridgehead atoms. The second-order valence-electron chi connectivity index (χ2n) is 5.47. The van der Waals surface area contributed by atoms with E-state index in [0.717, 1.165) is 25.8 Å². The smallest absolute Gasteiger partial charge is 0.251 e. The molecule has 1 aromatic carbocycles. The third kappa shape index (κ3) is 4.92. The molecular weight excluding hydrogens is 318 g/mol. The Morgan fingerprint density at radius 2 is 2.04 bits per heavy atom. The number of sulfonamides is 1. The minimum Gasteiger partial charge on any atom is -0.495 e. The van der Waals surface area contributed by atoms with Crippen LogP contribution in [-0.2, 0) is 10.0 Å². The quantitative estimate of drug-likeness (QED) is 0.568. The highest BCUT2D eigenvalue weighted by molar-refractivity contribution is 7.89. The Hall–Kier alpha value is -1.64. The summed E-state index contributed by atoms with van der Waals surface area (Å²) in [6, 6.07) is 4.41. The summed E-state index contributed by atoms with van der Waals surface area (Å²) in [5.74, 6) is -0.0727. The van der Waals surface area contributed by atoms with Gasteiger partial charge in [0, 0.05) is 18.2 Å². The molecule has 0 aromatic heterocycles. The first kappa shape index (κ1) is 17.7. The van der Waals surface area contributed by atoms with E-state index in [1.165, 1.54) is 19.2 Å². The Morgan fingerprint density at radius 3 is 2.65 bits per heavy atom. The first-order valence-electron chi connectivity index (χ1n) is 7.61. The lowest BCUT2D eigenvalue weighted by Gasteiger charge is -2.12. The summed E-state index contributed by atoms with van der Waals surface area (Å²) in [6.45, 7) is 1.32. The van der Waals surface area contributed by atoms with Crippen molar-refractivity contribution in [2.75, 3.05) is 27.2 Å². The van der Waals surface area contributed by atoms with E-state index < -0.39 is 10.0 Å². The fraction of sp³-hybridized carbons (Fsp3) is 0.533. The van der Waals surface area contributed by atoms with Gasteiger partial charge < -0.3 is 15.4 Å². The van der Waals surface area contributed by atoms with E-state index in [4.69, 9.17) is 4.74 Å². The molecule has 0 spiro atoms. The number of amides is 1. The molecule has 128 valence electrons. The molecule has 23 heavy (non-hydrogen) atoms. The second-order valence-corrected chi connectivity index (χ2v) is 7.16. The highest BCUT2D eigenvalue weighted by Gasteiger charge is 2.30. The Kier molecular flexibility index (Phi) is 5.97. The molecule has 0 radical (unpaired) electrons. The zero-order valence-electron chi connectivity index (χ0n) is 13.4. The minimum absolute atomic E-state index is 0.00484. The molecule has 7 nitrogen and oxygen atoms in total. The van der Waals surface area contributed by atoms with E-state index in [-0.39, 0.29) is 22.6 Å². The molecule has 0 heterocycles. The molecule has 0 atom stereocenters. The fourth-order valence-electron chi connectivity index (χ4n) is 2.08. The van der Waals surface area contributed by atoms with Crippen molar-refractivity contribution in [3.63, 3.8) is 0 Å². The lowest BCUT2D eigenvalue weighted by atomic mass is 10.2. The largest absolute Gasteiger partial charge is 0.495 e. The van der Waals surface area contributed by atoms with Gasteiger partial charge in [0.2, 0.25) is 10.0 Å². The van der Waals surface area contributed by atoms with Gasteiger partial charge in [-0.15, -0.1) is 0 Å². The Labute approximate surface area is 136 Å². The van der Waals surface area contributed by atoms with Crippen molar-refractivity contribution in [1.82, 2.24) is 15.4 Å². The maximum Gasteiger partial charge on any atom is 0.251 e. The van der Waals surface area contributed by atoms with Gasteiger partial charge in [-0.2, -0.15) is 0 Å². The molecule has 1 aliphatic carbocycles. The van der Waals surface area contributed by atoms with Gasteiger partial charge in [0.05, 0.1) is 7.11 Å². The lowest BCUT2D eigenvalue weighted by Crippen LogP contribution is -2.28. The van der Waals surface area contributed by atoms with E-state index in [0.29, 0.717) is 12.1 Å². The molecule has 1 amide bonds. The van der Waals surface area contributed by atoms with Crippen LogP contribution in [0.15, 0.2) is 23.1 Å². The highest BCUT2D eigenvalue weighted by Crippen LogP contribution is 2.28. The molecule has 0 aliphatic heterocycles. The molecule has 2 rings (SSSR count). The number of methoxy groups -OCH3 is 1. The molecule has 1 fully saturated rings. The normalized spacial score (nSPS) is 14.5. The van der Waals surface area contributed by atoms with Crippen LogP contribution in [0.25, 0.3) is 0 Å². The number of carbonyl (C=O) groups excluding carboxylic acids is 1. The predicted molar refractivity (Wildman–Crippen MR) is 87.2 cm³/mol. The van der Waals surface area contributed by atoms with Crippen molar-refractivity contribution in [1.29, 1.82) is 0 Å². The van der Waals surface area contributed by atoms with Gasteiger partial charge in [-0.25, -0.2) is 13.1 Å².